The van der Waals surface area contributed by atoms with Gasteiger partial charge in [0.2, 0.25) is 0 Å². The number of hydrogen-bond donors (Lipinski definition) is 1. The van der Waals surface area contributed by atoms with Gasteiger partial charge in [-0.15, -0.1) is 0 Å². The molecule has 2 N–H and O–H groups in total. The maximum atomic E-state index is 13.1. The third-order valence-corrected chi connectivity index (χ3v) is 2.69. The molecule has 1 heterocycles. The number of nitrogens with two attached hydrogens (primary N) is 1. The van der Waals surface area contributed by atoms with Gasteiger partial charge in [0.05, 0.1) is 0 Å². The predicted octanol–water partition coefficient (Wildman–Crippen LogP) is 2.75. The van der Waals surface area contributed by atoms with Crippen LogP contribution in [-0.2, 0) is 0 Å². The lowest BCUT2D eigenvalue weighted by atomic mass is 10.1. The summed E-state index contributed by atoms with van der Waals surface area (Å²) in [5, 5.41) is 0. The van der Waals surface area contributed by atoms with Crippen LogP contribution in [0.2, 0.25) is 0 Å². The van der Waals surface area contributed by atoms with Crippen LogP contribution in [0.3, 0.4) is 0 Å². The van der Waals surface area contributed by atoms with Gasteiger partial charge in [-0.25, -0.2) is 18.7 Å². The zero-order valence-electron chi connectivity index (χ0n) is 10.1. The molecule has 1 atom stereocenters. The Balaban J connectivity index is 2.45. The summed E-state index contributed by atoms with van der Waals surface area (Å²) in [6.07, 6.45) is 1.61. The summed E-state index contributed by atoms with van der Waals surface area (Å²) in [7, 11) is 0. The monoisotopic (exact) mass is 249 g/mol. The van der Waals surface area contributed by atoms with Gasteiger partial charge < -0.3 is 5.73 Å². The summed E-state index contributed by atoms with van der Waals surface area (Å²) in [4.78, 5) is 8.38. The van der Waals surface area contributed by atoms with Crippen LogP contribution in [0.5, 0.6) is 0 Å². The molecule has 0 fully saturated rings. The third-order valence-electron chi connectivity index (χ3n) is 2.69. The summed E-state index contributed by atoms with van der Waals surface area (Å²) in [6, 6.07) is 3.42. The molecule has 0 saturated carbocycles. The first-order valence-electron chi connectivity index (χ1n) is 5.53. The molecular formula is C13H13F2N3. The van der Waals surface area contributed by atoms with Gasteiger partial charge in [0.15, 0.2) is 17.5 Å². The quantitative estimate of drug-likeness (QED) is 0.890. The molecule has 2 rings (SSSR count). The van der Waals surface area contributed by atoms with Crippen LogP contribution in [-0.4, -0.2) is 9.97 Å². The van der Waals surface area contributed by atoms with Gasteiger partial charge in [0, 0.05) is 29.1 Å². The highest BCUT2D eigenvalue weighted by Crippen LogP contribution is 2.20. The topological polar surface area (TPSA) is 51.8 Å². The van der Waals surface area contributed by atoms with Crippen LogP contribution in [0.25, 0.3) is 11.4 Å². The first kappa shape index (κ1) is 12.6. The highest BCUT2D eigenvalue weighted by atomic mass is 19.2. The molecule has 1 aromatic heterocycles. The Labute approximate surface area is 104 Å². The van der Waals surface area contributed by atoms with E-state index in [0.717, 1.165) is 23.4 Å². The van der Waals surface area contributed by atoms with Crippen molar-refractivity contribution in [2.75, 3.05) is 0 Å². The zero-order chi connectivity index (χ0) is 13.3. The molecule has 0 aliphatic heterocycles. The predicted molar refractivity (Wildman–Crippen MR) is 64.7 cm³/mol. The molecule has 0 bridgehead atoms. The maximum Gasteiger partial charge on any atom is 0.159 e. The van der Waals surface area contributed by atoms with E-state index >= 15 is 0 Å². The zero-order valence-corrected chi connectivity index (χ0v) is 10.1. The van der Waals surface area contributed by atoms with E-state index in [1.165, 1.54) is 6.07 Å². The fraction of sp³-hybridized carbons (Fsp3) is 0.231. The van der Waals surface area contributed by atoms with Crippen LogP contribution >= 0.6 is 0 Å². The third kappa shape index (κ3) is 2.36. The molecule has 1 aromatic carbocycles. The molecule has 0 radical (unpaired) electrons. The molecule has 0 amide bonds. The normalized spacial score (nSPS) is 12.5. The smallest absolute Gasteiger partial charge is 0.159 e. The van der Waals surface area contributed by atoms with E-state index in [1.54, 1.807) is 6.20 Å². The Morgan fingerprint density at radius 2 is 1.94 bits per heavy atom. The van der Waals surface area contributed by atoms with E-state index in [9.17, 15) is 8.78 Å². The minimum atomic E-state index is -0.912. The van der Waals surface area contributed by atoms with Gasteiger partial charge in [0.1, 0.15) is 0 Å². The molecule has 2 aromatic rings. The van der Waals surface area contributed by atoms with Crippen LogP contribution in [0, 0.1) is 18.6 Å². The number of aromatic nitrogens is 2. The fourth-order valence-corrected chi connectivity index (χ4v) is 1.70. The minimum absolute atomic E-state index is 0.163. The first-order chi connectivity index (χ1) is 8.49. The summed E-state index contributed by atoms with van der Waals surface area (Å²) in [6.45, 7) is 3.65. The Morgan fingerprint density at radius 1 is 1.22 bits per heavy atom. The minimum Gasteiger partial charge on any atom is -0.324 e. The Hall–Kier alpha value is -1.88. The molecule has 0 aliphatic carbocycles. The molecule has 18 heavy (non-hydrogen) atoms. The molecule has 0 saturated heterocycles. The van der Waals surface area contributed by atoms with Crippen molar-refractivity contribution < 1.29 is 8.78 Å². The Morgan fingerprint density at radius 3 is 2.50 bits per heavy atom. The maximum absolute atomic E-state index is 13.1. The van der Waals surface area contributed by atoms with Crippen molar-refractivity contribution in [3.05, 3.63) is 47.3 Å². The van der Waals surface area contributed by atoms with Gasteiger partial charge in [-0.1, -0.05) is 0 Å². The van der Waals surface area contributed by atoms with Crippen LogP contribution in [0.4, 0.5) is 8.78 Å². The number of halogens is 2. The van der Waals surface area contributed by atoms with Crippen molar-refractivity contribution in [1.29, 1.82) is 0 Å². The average molecular weight is 249 g/mol. The first-order valence-corrected chi connectivity index (χ1v) is 5.53. The second kappa shape index (κ2) is 4.78. The summed E-state index contributed by atoms with van der Waals surface area (Å²) in [5.74, 6) is -1.44. The van der Waals surface area contributed by atoms with E-state index in [1.807, 2.05) is 13.8 Å². The average Bonchev–Trinajstić information content (AvgIpc) is 2.32. The molecule has 0 aliphatic rings. The molecule has 3 nitrogen and oxygen atoms in total. The number of aryl methyl sites for hydroxylation is 1. The van der Waals surface area contributed by atoms with Crippen LogP contribution < -0.4 is 5.73 Å². The number of benzene rings is 1. The van der Waals surface area contributed by atoms with Gasteiger partial charge in [-0.3, -0.25) is 0 Å². The van der Waals surface area contributed by atoms with Crippen molar-refractivity contribution in [3.63, 3.8) is 0 Å². The Kier molecular flexibility index (Phi) is 3.34. The van der Waals surface area contributed by atoms with E-state index in [4.69, 9.17) is 5.73 Å². The lowest BCUT2D eigenvalue weighted by molar-refractivity contribution is 0.509. The van der Waals surface area contributed by atoms with Crippen molar-refractivity contribution in [2.24, 2.45) is 5.73 Å². The van der Waals surface area contributed by atoms with E-state index in [2.05, 4.69) is 9.97 Å². The van der Waals surface area contributed by atoms with Crippen molar-refractivity contribution >= 4 is 0 Å². The largest absolute Gasteiger partial charge is 0.324 e. The molecular weight excluding hydrogens is 236 g/mol. The van der Waals surface area contributed by atoms with E-state index < -0.39 is 11.6 Å². The van der Waals surface area contributed by atoms with E-state index in [-0.39, 0.29) is 6.04 Å². The van der Waals surface area contributed by atoms with Gasteiger partial charge in [0.25, 0.3) is 0 Å². The SMILES string of the molecule is Cc1nc(-c2ccc(F)c(F)c2)ncc1C(C)N. The second-order valence-electron chi connectivity index (χ2n) is 4.15. The van der Waals surface area contributed by atoms with Gasteiger partial charge in [-0.2, -0.15) is 0 Å². The highest BCUT2D eigenvalue weighted by Gasteiger charge is 2.10. The molecule has 5 heteroatoms. The van der Waals surface area contributed by atoms with Gasteiger partial charge in [-0.05, 0) is 32.0 Å². The number of hydrogen-bond acceptors (Lipinski definition) is 3. The number of rotatable bonds is 2. The lowest BCUT2D eigenvalue weighted by Gasteiger charge is -2.09. The fourth-order valence-electron chi connectivity index (χ4n) is 1.70. The van der Waals surface area contributed by atoms with Crippen molar-refractivity contribution in [3.8, 4) is 11.4 Å². The van der Waals surface area contributed by atoms with Crippen molar-refractivity contribution in [1.82, 2.24) is 9.97 Å². The Bertz CT molecular complexity index is 582. The van der Waals surface area contributed by atoms with Crippen molar-refractivity contribution in [2.45, 2.75) is 19.9 Å². The van der Waals surface area contributed by atoms with E-state index in [0.29, 0.717) is 11.4 Å². The standard InChI is InChI=1S/C13H13F2N3/c1-7(16)10-6-17-13(18-8(10)2)9-3-4-11(14)12(15)5-9/h3-7H,16H2,1-2H3. The lowest BCUT2D eigenvalue weighted by Crippen LogP contribution is -2.09. The van der Waals surface area contributed by atoms with Crippen LogP contribution in [0.1, 0.15) is 24.2 Å². The van der Waals surface area contributed by atoms with Gasteiger partial charge >= 0.3 is 0 Å². The summed E-state index contributed by atoms with van der Waals surface area (Å²) in [5.41, 5.74) is 7.77. The summed E-state index contributed by atoms with van der Waals surface area (Å²) < 4.78 is 26.0. The molecule has 1 unspecified atom stereocenters. The highest BCUT2D eigenvalue weighted by molar-refractivity contribution is 5.55. The second-order valence-corrected chi connectivity index (χ2v) is 4.15. The van der Waals surface area contributed by atoms with Crippen LogP contribution in [0.15, 0.2) is 24.4 Å². The molecule has 0 spiro atoms. The number of nitrogens with zero attached hydrogens (tertiary/aromatic N) is 2. The molecule has 94 valence electrons. The summed E-state index contributed by atoms with van der Waals surface area (Å²) >= 11 is 0.